The van der Waals surface area contributed by atoms with Gasteiger partial charge in [-0.05, 0) is 29.3 Å². The van der Waals surface area contributed by atoms with Gasteiger partial charge in [-0.3, -0.25) is 4.79 Å². The molecule has 0 N–H and O–H groups in total. The third-order valence-corrected chi connectivity index (χ3v) is 3.68. The number of methoxy groups -OCH3 is 1. The average Bonchev–Trinajstić information content (AvgIpc) is 2.85. The van der Waals surface area contributed by atoms with Crippen LogP contribution in [0, 0.1) is 0 Å². The predicted octanol–water partition coefficient (Wildman–Crippen LogP) is 4.12. The van der Waals surface area contributed by atoms with Crippen molar-refractivity contribution in [2.45, 2.75) is 13.0 Å². The number of carbonyl (C=O) groups is 1. The minimum absolute atomic E-state index is 0.00697. The summed E-state index contributed by atoms with van der Waals surface area (Å²) in [6.45, 7) is -2.92. The lowest BCUT2D eigenvalue weighted by Gasteiger charge is -2.10. The highest BCUT2D eigenvalue weighted by molar-refractivity contribution is 6.15. The number of halogens is 2. The molecule has 23 heavy (non-hydrogen) atoms. The van der Waals surface area contributed by atoms with Crippen molar-refractivity contribution in [3.8, 4) is 11.5 Å². The van der Waals surface area contributed by atoms with Crippen molar-refractivity contribution in [1.82, 2.24) is 0 Å². The number of hydrogen-bond donors (Lipinski definition) is 0. The Hall–Kier alpha value is -2.69. The highest BCUT2D eigenvalue weighted by Gasteiger charge is 2.24. The van der Waals surface area contributed by atoms with E-state index in [0.717, 1.165) is 5.56 Å². The second kappa shape index (κ2) is 6.20. The maximum Gasteiger partial charge on any atom is 0.387 e. The Balaban J connectivity index is 1.90. The molecule has 3 nitrogen and oxygen atoms in total. The molecule has 0 saturated carbocycles. The summed E-state index contributed by atoms with van der Waals surface area (Å²) < 4.78 is 34.1. The van der Waals surface area contributed by atoms with E-state index in [-0.39, 0.29) is 17.3 Å². The maximum absolute atomic E-state index is 12.3. The minimum Gasteiger partial charge on any atom is -0.493 e. The summed E-state index contributed by atoms with van der Waals surface area (Å²) in [5, 5.41) is 0. The van der Waals surface area contributed by atoms with Gasteiger partial charge >= 0.3 is 6.61 Å². The molecule has 0 atom stereocenters. The first kappa shape index (κ1) is 15.2. The largest absolute Gasteiger partial charge is 0.493 e. The lowest BCUT2D eigenvalue weighted by Crippen LogP contribution is -2.03. The van der Waals surface area contributed by atoms with Gasteiger partial charge in [0.25, 0.3) is 0 Å². The molecule has 1 aliphatic rings. The Morgan fingerprint density at radius 3 is 2.61 bits per heavy atom. The van der Waals surface area contributed by atoms with Crippen LogP contribution in [0.3, 0.4) is 0 Å². The molecule has 0 heterocycles. The number of alkyl halides is 2. The Bertz CT molecular complexity index is 782. The number of fused-ring (bicyclic) bond motifs is 1. The van der Waals surface area contributed by atoms with Crippen LogP contribution in [0.15, 0.2) is 48.0 Å². The first-order valence-electron chi connectivity index (χ1n) is 7.04. The number of ether oxygens (including phenoxy) is 2. The van der Waals surface area contributed by atoms with Crippen LogP contribution in [0.4, 0.5) is 8.78 Å². The van der Waals surface area contributed by atoms with Gasteiger partial charge in [-0.15, -0.1) is 0 Å². The summed E-state index contributed by atoms with van der Waals surface area (Å²) in [5.74, 6) is 0.153. The average molecular weight is 316 g/mol. The Morgan fingerprint density at radius 2 is 1.91 bits per heavy atom. The standard InChI is InChI=1S/C18H14F2O3/c1-22-16-9-11(6-7-15(16)23-18(19)20)8-13-10-12-4-2-3-5-14(12)17(13)21/h2-9,18H,10H2,1H3/b13-8+. The molecular formula is C18H14F2O3. The van der Waals surface area contributed by atoms with E-state index in [2.05, 4.69) is 4.74 Å². The lowest BCUT2D eigenvalue weighted by molar-refractivity contribution is -0.0512. The van der Waals surface area contributed by atoms with Crippen LogP contribution in [-0.2, 0) is 6.42 Å². The first-order valence-corrected chi connectivity index (χ1v) is 7.04. The van der Waals surface area contributed by atoms with E-state index in [0.29, 0.717) is 23.1 Å². The van der Waals surface area contributed by atoms with Crippen LogP contribution >= 0.6 is 0 Å². The van der Waals surface area contributed by atoms with Crippen LogP contribution in [0.2, 0.25) is 0 Å². The predicted molar refractivity (Wildman–Crippen MR) is 82.1 cm³/mol. The number of carbonyl (C=O) groups excluding carboxylic acids is 1. The van der Waals surface area contributed by atoms with Crippen molar-refractivity contribution in [1.29, 1.82) is 0 Å². The van der Waals surface area contributed by atoms with E-state index in [1.165, 1.54) is 13.2 Å². The number of allylic oxidation sites excluding steroid dienone is 1. The highest BCUT2D eigenvalue weighted by atomic mass is 19.3. The van der Waals surface area contributed by atoms with E-state index >= 15 is 0 Å². The fourth-order valence-electron chi connectivity index (χ4n) is 2.64. The monoisotopic (exact) mass is 316 g/mol. The zero-order valence-electron chi connectivity index (χ0n) is 12.4. The molecule has 0 aromatic heterocycles. The molecular weight excluding hydrogens is 302 g/mol. The number of hydrogen-bond acceptors (Lipinski definition) is 3. The topological polar surface area (TPSA) is 35.5 Å². The van der Waals surface area contributed by atoms with Gasteiger partial charge in [-0.25, -0.2) is 0 Å². The Labute approximate surface area is 132 Å². The molecule has 118 valence electrons. The number of Topliss-reactive ketones (excluding diaryl/α,β-unsaturated/α-hetero) is 1. The summed E-state index contributed by atoms with van der Waals surface area (Å²) in [5.41, 5.74) is 3.06. The molecule has 0 amide bonds. The van der Waals surface area contributed by atoms with Gasteiger partial charge in [0, 0.05) is 17.6 Å². The zero-order valence-corrected chi connectivity index (χ0v) is 12.4. The molecule has 0 bridgehead atoms. The molecule has 0 saturated heterocycles. The van der Waals surface area contributed by atoms with Crippen molar-refractivity contribution >= 4 is 11.9 Å². The molecule has 0 fully saturated rings. The highest BCUT2D eigenvalue weighted by Crippen LogP contribution is 2.32. The quantitative estimate of drug-likeness (QED) is 0.796. The second-order valence-corrected chi connectivity index (χ2v) is 5.12. The molecule has 0 aliphatic heterocycles. The van der Waals surface area contributed by atoms with Crippen molar-refractivity contribution < 1.29 is 23.0 Å². The molecule has 0 spiro atoms. The van der Waals surface area contributed by atoms with Crippen LogP contribution in [0.25, 0.3) is 6.08 Å². The van der Waals surface area contributed by atoms with Crippen LogP contribution in [-0.4, -0.2) is 19.5 Å². The first-order chi connectivity index (χ1) is 11.1. The van der Waals surface area contributed by atoms with Crippen molar-refractivity contribution in [2.24, 2.45) is 0 Å². The Morgan fingerprint density at radius 1 is 1.13 bits per heavy atom. The SMILES string of the molecule is COc1cc(/C=C2\Cc3ccccc3C2=O)ccc1OC(F)F. The molecule has 5 heteroatoms. The minimum atomic E-state index is -2.92. The van der Waals surface area contributed by atoms with E-state index in [1.54, 1.807) is 24.3 Å². The molecule has 2 aromatic carbocycles. The van der Waals surface area contributed by atoms with Gasteiger partial charge in [0.1, 0.15) is 0 Å². The third kappa shape index (κ3) is 3.08. The van der Waals surface area contributed by atoms with Crippen LogP contribution in [0.1, 0.15) is 21.5 Å². The van der Waals surface area contributed by atoms with Crippen molar-refractivity contribution in [3.63, 3.8) is 0 Å². The van der Waals surface area contributed by atoms with Crippen molar-refractivity contribution in [3.05, 3.63) is 64.7 Å². The van der Waals surface area contributed by atoms with Crippen LogP contribution < -0.4 is 9.47 Å². The maximum atomic E-state index is 12.3. The fourth-order valence-corrected chi connectivity index (χ4v) is 2.64. The van der Waals surface area contributed by atoms with Gasteiger partial charge in [-0.2, -0.15) is 8.78 Å². The van der Waals surface area contributed by atoms with Gasteiger partial charge < -0.3 is 9.47 Å². The van der Waals surface area contributed by atoms with Crippen molar-refractivity contribution in [2.75, 3.05) is 7.11 Å². The van der Waals surface area contributed by atoms with E-state index < -0.39 is 6.61 Å². The number of ketones is 1. The normalized spacial score (nSPS) is 15.1. The lowest BCUT2D eigenvalue weighted by atomic mass is 10.1. The third-order valence-electron chi connectivity index (χ3n) is 3.68. The number of rotatable bonds is 4. The van der Waals surface area contributed by atoms with Gasteiger partial charge in [0.2, 0.25) is 0 Å². The van der Waals surface area contributed by atoms with Gasteiger partial charge in [0.15, 0.2) is 17.3 Å². The molecule has 0 unspecified atom stereocenters. The van der Waals surface area contributed by atoms with Crippen LogP contribution in [0.5, 0.6) is 11.5 Å². The van der Waals surface area contributed by atoms with Gasteiger partial charge in [-0.1, -0.05) is 30.3 Å². The summed E-state index contributed by atoms with van der Waals surface area (Å²) >= 11 is 0. The molecule has 2 aromatic rings. The van der Waals surface area contributed by atoms with E-state index in [1.807, 2.05) is 18.2 Å². The van der Waals surface area contributed by atoms with E-state index in [9.17, 15) is 13.6 Å². The summed E-state index contributed by atoms with van der Waals surface area (Å²) in [6, 6.07) is 12.1. The summed E-state index contributed by atoms with van der Waals surface area (Å²) in [6.07, 6.45) is 2.31. The zero-order chi connectivity index (χ0) is 16.4. The molecule has 0 radical (unpaired) electrons. The smallest absolute Gasteiger partial charge is 0.387 e. The Kier molecular flexibility index (Phi) is 4.10. The summed E-state index contributed by atoms with van der Waals surface area (Å²) in [7, 11) is 1.38. The number of benzene rings is 2. The fraction of sp³-hybridized carbons (Fsp3) is 0.167. The molecule has 1 aliphatic carbocycles. The summed E-state index contributed by atoms with van der Waals surface area (Å²) in [4.78, 5) is 12.3. The van der Waals surface area contributed by atoms with Gasteiger partial charge in [0.05, 0.1) is 7.11 Å². The molecule has 3 rings (SSSR count). The second-order valence-electron chi connectivity index (χ2n) is 5.12. The van der Waals surface area contributed by atoms with E-state index in [4.69, 9.17) is 4.74 Å².